The van der Waals surface area contributed by atoms with Gasteiger partial charge in [-0.15, -0.1) is 0 Å². The summed E-state index contributed by atoms with van der Waals surface area (Å²) >= 11 is 3.39. The Hall–Kier alpha value is -2.73. The zero-order valence-corrected chi connectivity index (χ0v) is 14.4. The molecule has 0 unspecified atom stereocenters. The van der Waals surface area contributed by atoms with Crippen LogP contribution in [0.25, 0.3) is 0 Å². The van der Waals surface area contributed by atoms with Crippen LogP contribution in [0.3, 0.4) is 0 Å². The highest BCUT2D eigenvalue weighted by Crippen LogP contribution is 2.26. The molecule has 3 aromatic rings. The van der Waals surface area contributed by atoms with Crippen molar-refractivity contribution in [1.29, 1.82) is 0 Å². The van der Waals surface area contributed by atoms with Crippen LogP contribution >= 0.6 is 15.9 Å². The smallest absolute Gasteiger partial charge is 0.261 e. The fraction of sp³-hybridized carbons (Fsp3) is 0.0556. The SMILES string of the molecule is Cc1cc(NC(=O)c2cccnc2Oc2cccc(Br)c2)ccn1. The third-order valence-electron chi connectivity index (χ3n) is 3.18. The predicted octanol–water partition coefficient (Wildman–Crippen LogP) is 4.59. The normalized spacial score (nSPS) is 10.2. The molecule has 0 aliphatic heterocycles. The summed E-state index contributed by atoms with van der Waals surface area (Å²) in [5, 5.41) is 2.83. The number of hydrogen-bond donors (Lipinski definition) is 1. The molecule has 2 aromatic heterocycles. The lowest BCUT2D eigenvalue weighted by molar-refractivity contribution is 0.102. The van der Waals surface area contributed by atoms with Crippen LogP contribution in [0.15, 0.2) is 65.4 Å². The molecule has 6 heteroatoms. The molecule has 1 amide bonds. The molecule has 0 radical (unpaired) electrons. The van der Waals surface area contributed by atoms with E-state index in [-0.39, 0.29) is 11.8 Å². The fourth-order valence-electron chi connectivity index (χ4n) is 2.11. The third kappa shape index (κ3) is 3.97. The van der Waals surface area contributed by atoms with Gasteiger partial charge in [-0.25, -0.2) is 4.98 Å². The highest BCUT2D eigenvalue weighted by molar-refractivity contribution is 9.10. The van der Waals surface area contributed by atoms with Crippen LogP contribution in [-0.2, 0) is 0 Å². The van der Waals surface area contributed by atoms with Gasteiger partial charge >= 0.3 is 0 Å². The number of rotatable bonds is 4. The van der Waals surface area contributed by atoms with Crippen molar-refractivity contribution in [3.8, 4) is 11.6 Å². The number of amides is 1. The number of benzene rings is 1. The average Bonchev–Trinajstić information content (AvgIpc) is 2.55. The molecule has 0 saturated heterocycles. The van der Waals surface area contributed by atoms with Crippen LogP contribution in [0.2, 0.25) is 0 Å². The van der Waals surface area contributed by atoms with Crippen LogP contribution in [0.1, 0.15) is 16.1 Å². The lowest BCUT2D eigenvalue weighted by Gasteiger charge is -2.10. The minimum absolute atomic E-state index is 0.249. The molecule has 0 atom stereocenters. The number of halogens is 1. The van der Waals surface area contributed by atoms with Gasteiger partial charge in [-0.3, -0.25) is 9.78 Å². The summed E-state index contributed by atoms with van der Waals surface area (Å²) in [6, 6.07) is 14.2. The van der Waals surface area contributed by atoms with E-state index in [1.54, 1.807) is 42.7 Å². The standard InChI is InChI=1S/C18H14BrN3O2/c1-12-10-14(7-9-20-12)22-17(23)16-6-3-8-21-18(16)24-15-5-2-4-13(19)11-15/h2-11H,1H3,(H,20,22,23). The summed E-state index contributed by atoms with van der Waals surface area (Å²) in [6.45, 7) is 1.86. The number of carbonyl (C=O) groups excluding carboxylic acids is 1. The minimum atomic E-state index is -0.293. The summed E-state index contributed by atoms with van der Waals surface area (Å²) in [6.07, 6.45) is 3.23. The van der Waals surface area contributed by atoms with Gasteiger partial charge < -0.3 is 10.1 Å². The molecule has 3 rings (SSSR count). The zero-order chi connectivity index (χ0) is 16.9. The van der Waals surface area contributed by atoms with Crippen LogP contribution in [0, 0.1) is 6.92 Å². The van der Waals surface area contributed by atoms with Gasteiger partial charge in [0.1, 0.15) is 11.3 Å². The van der Waals surface area contributed by atoms with E-state index < -0.39 is 0 Å². The minimum Gasteiger partial charge on any atom is -0.438 e. The monoisotopic (exact) mass is 383 g/mol. The first-order valence-corrected chi connectivity index (χ1v) is 8.03. The van der Waals surface area contributed by atoms with E-state index in [2.05, 4.69) is 31.2 Å². The van der Waals surface area contributed by atoms with Gasteiger partial charge in [0.25, 0.3) is 5.91 Å². The Balaban J connectivity index is 1.84. The Morgan fingerprint density at radius 1 is 1.08 bits per heavy atom. The zero-order valence-electron chi connectivity index (χ0n) is 12.9. The number of aryl methyl sites for hydroxylation is 1. The van der Waals surface area contributed by atoms with Crippen molar-refractivity contribution in [1.82, 2.24) is 9.97 Å². The van der Waals surface area contributed by atoms with Crippen molar-refractivity contribution in [3.63, 3.8) is 0 Å². The van der Waals surface area contributed by atoms with Gasteiger partial charge in [-0.1, -0.05) is 22.0 Å². The van der Waals surface area contributed by atoms with E-state index in [1.165, 1.54) is 0 Å². The molecule has 0 fully saturated rings. The summed E-state index contributed by atoms with van der Waals surface area (Å²) in [5.41, 5.74) is 1.85. The van der Waals surface area contributed by atoms with Crippen molar-refractivity contribution < 1.29 is 9.53 Å². The van der Waals surface area contributed by atoms with Gasteiger partial charge in [0.15, 0.2) is 0 Å². The number of aromatic nitrogens is 2. The fourth-order valence-corrected chi connectivity index (χ4v) is 2.49. The number of nitrogens with zero attached hydrogens (tertiary/aromatic N) is 2. The number of anilines is 1. The molecule has 0 spiro atoms. The maximum Gasteiger partial charge on any atom is 0.261 e. The molecule has 5 nitrogen and oxygen atoms in total. The molecular formula is C18H14BrN3O2. The van der Waals surface area contributed by atoms with Crippen molar-refractivity contribution in [3.05, 3.63) is 76.7 Å². The molecule has 0 saturated carbocycles. The number of hydrogen-bond acceptors (Lipinski definition) is 4. The van der Waals surface area contributed by atoms with E-state index in [0.717, 1.165) is 10.2 Å². The first kappa shape index (κ1) is 16.1. The van der Waals surface area contributed by atoms with Crippen LogP contribution in [0.4, 0.5) is 5.69 Å². The second-order valence-electron chi connectivity index (χ2n) is 5.06. The van der Waals surface area contributed by atoms with Gasteiger partial charge in [0.05, 0.1) is 0 Å². The number of pyridine rings is 2. The van der Waals surface area contributed by atoms with E-state index in [4.69, 9.17) is 4.74 Å². The lowest BCUT2D eigenvalue weighted by Crippen LogP contribution is -2.13. The third-order valence-corrected chi connectivity index (χ3v) is 3.67. The summed E-state index contributed by atoms with van der Waals surface area (Å²) < 4.78 is 6.64. The maximum atomic E-state index is 12.5. The van der Waals surface area contributed by atoms with E-state index in [0.29, 0.717) is 17.0 Å². The maximum absolute atomic E-state index is 12.5. The highest BCUT2D eigenvalue weighted by Gasteiger charge is 2.14. The molecule has 0 bridgehead atoms. The van der Waals surface area contributed by atoms with Gasteiger partial charge in [-0.05, 0) is 49.4 Å². The molecular weight excluding hydrogens is 370 g/mol. The van der Waals surface area contributed by atoms with Gasteiger partial charge in [0, 0.05) is 28.2 Å². The molecule has 24 heavy (non-hydrogen) atoms. The predicted molar refractivity (Wildman–Crippen MR) is 95.4 cm³/mol. The second-order valence-corrected chi connectivity index (χ2v) is 5.97. The van der Waals surface area contributed by atoms with Crippen molar-refractivity contribution in [2.45, 2.75) is 6.92 Å². The lowest BCUT2D eigenvalue weighted by atomic mass is 10.2. The Morgan fingerprint density at radius 3 is 2.75 bits per heavy atom. The topological polar surface area (TPSA) is 64.1 Å². The average molecular weight is 384 g/mol. The Labute approximate surface area is 147 Å². The number of ether oxygens (including phenoxy) is 1. The Morgan fingerprint density at radius 2 is 1.96 bits per heavy atom. The molecule has 0 aliphatic rings. The first-order chi connectivity index (χ1) is 11.6. The quantitative estimate of drug-likeness (QED) is 0.715. The van der Waals surface area contributed by atoms with Gasteiger partial charge in [0.2, 0.25) is 5.88 Å². The molecule has 0 aliphatic carbocycles. The molecule has 1 N–H and O–H groups in total. The molecule has 1 aromatic carbocycles. The summed E-state index contributed by atoms with van der Waals surface area (Å²) in [7, 11) is 0. The van der Waals surface area contributed by atoms with Crippen LogP contribution < -0.4 is 10.1 Å². The van der Waals surface area contributed by atoms with Crippen molar-refractivity contribution in [2.75, 3.05) is 5.32 Å². The van der Waals surface area contributed by atoms with E-state index in [1.807, 2.05) is 25.1 Å². The summed E-state index contributed by atoms with van der Waals surface area (Å²) in [4.78, 5) is 20.8. The Kier molecular flexibility index (Phi) is 4.86. The Bertz CT molecular complexity index is 883. The largest absolute Gasteiger partial charge is 0.438 e. The molecule has 120 valence electrons. The summed E-state index contributed by atoms with van der Waals surface area (Å²) in [5.74, 6) is 0.550. The van der Waals surface area contributed by atoms with Crippen molar-refractivity contribution in [2.24, 2.45) is 0 Å². The van der Waals surface area contributed by atoms with Crippen LogP contribution in [0.5, 0.6) is 11.6 Å². The number of nitrogens with one attached hydrogen (secondary N) is 1. The van der Waals surface area contributed by atoms with E-state index in [9.17, 15) is 4.79 Å². The first-order valence-electron chi connectivity index (χ1n) is 7.24. The van der Waals surface area contributed by atoms with Crippen LogP contribution in [-0.4, -0.2) is 15.9 Å². The molecule has 2 heterocycles. The second kappa shape index (κ2) is 7.23. The van der Waals surface area contributed by atoms with Crippen molar-refractivity contribution >= 4 is 27.5 Å². The van der Waals surface area contributed by atoms with E-state index >= 15 is 0 Å². The highest BCUT2D eigenvalue weighted by atomic mass is 79.9. The van der Waals surface area contributed by atoms with Gasteiger partial charge in [-0.2, -0.15) is 0 Å². The number of carbonyl (C=O) groups is 1.